The smallest absolute Gasteiger partial charge is 0.304 e. The monoisotopic (exact) mass is 311 g/mol. The molecule has 1 saturated carbocycles. The Morgan fingerprint density at radius 1 is 1.50 bits per heavy atom. The molecule has 1 aliphatic carbocycles. The number of aryl methyl sites for hydroxylation is 1. The van der Waals surface area contributed by atoms with E-state index in [0.29, 0.717) is 12.6 Å². The number of hydrogen-bond acceptors (Lipinski definition) is 2. The van der Waals surface area contributed by atoms with Crippen LogP contribution in [0.4, 0.5) is 0 Å². The van der Waals surface area contributed by atoms with E-state index in [9.17, 15) is 4.79 Å². The molecule has 18 heavy (non-hydrogen) atoms. The molecule has 0 atom stereocenters. The number of halogens is 1. The van der Waals surface area contributed by atoms with Crippen LogP contribution in [0.1, 0.15) is 30.4 Å². The van der Waals surface area contributed by atoms with Crippen LogP contribution in [0, 0.1) is 6.92 Å². The van der Waals surface area contributed by atoms with E-state index in [1.807, 2.05) is 0 Å². The van der Waals surface area contributed by atoms with Crippen LogP contribution < -0.4 is 0 Å². The van der Waals surface area contributed by atoms with Crippen LogP contribution in [0.2, 0.25) is 0 Å². The first-order valence-corrected chi connectivity index (χ1v) is 7.06. The third kappa shape index (κ3) is 3.82. The third-order valence-corrected chi connectivity index (χ3v) is 4.15. The summed E-state index contributed by atoms with van der Waals surface area (Å²) in [5, 5.41) is 8.78. The second kappa shape index (κ2) is 5.85. The zero-order valence-corrected chi connectivity index (χ0v) is 12.1. The van der Waals surface area contributed by atoms with Crippen molar-refractivity contribution in [3.63, 3.8) is 0 Å². The summed E-state index contributed by atoms with van der Waals surface area (Å²) in [6.07, 6.45) is 2.63. The number of aliphatic carboxylic acids is 1. The van der Waals surface area contributed by atoms with E-state index in [4.69, 9.17) is 5.11 Å². The lowest BCUT2D eigenvalue weighted by molar-refractivity contribution is -0.137. The van der Waals surface area contributed by atoms with Gasteiger partial charge in [0.05, 0.1) is 6.42 Å². The van der Waals surface area contributed by atoms with Crippen LogP contribution in [-0.2, 0) is 11.3 Å². The van der Waals surface area contributed by atoms with Crippen LogP contribution in [0.15, 0.2) is 22.7 Å². The van der Waals surface area contributed by atoms with Crippen LogP contribution in [0.25, 0.3) is 0 Å². The van der Waals surface area contributed by atoms with Crippen LogP contribution >= 0.6 is 15.9 Å². The van der Waals surface area contributed by atoms with Crippen molar-refractivity contribution in [2.24, 2.45) is 0 Å². The molecule has 1 aliphatic rings. The number of carbonyl (C=O) groups is 1. The average Bonchev–Trinajstić information content (AvgIpc) is 3.13. The predicted molar refractivity (Wildman–Crippen MR) is 74.6 cm³/mol. The van der Waals surface area contributed by atoms with Gasteiger partial charge in [0.25, 0.3) is 0 Å². The van der Waals surface area contributed by atoms with Crippen LogP contribution in [0.5, 0.6) is 0 Å². The molecule has 4 heteroatoms. The van der Waals surface area contributed by atoms with Crippen LogP contribution in [-0.4, -0.2) is 28.6 Å². The number of carboxylic acids is 1. The molecular formula is C14H18BrNO2. The van der Waals surface area contributed by atoms with Gasteiger partial charge in [0, 0.05) is 23.6 Å². The average molecular weight is 312 g/mol. The normalized spacial score (nSPS) is 15.1. The zero-order valence-electron chi connectivity index (χ0n) is 10.5. The highest BCUT2D eigenvalue weighted by atomic mass is 79.9. The molecule has 2 rings (SSSR count). The van der Waals surface area contributed by atoms with Gasteiger partial charge in [0.2, 0.25) is 0 Å². The van der Waals surface area contributed by atoms with Crippen molar-refractivity contribution in [3.8, 4) is 0 Å². The van der Waals surface area contributed by atoms with Crippen molar-refractivity contribution in [2.45, 2.75) is 38.8 Å². The van der Waals surface area contributed by atoms with E-state index >= 15 is 0 Å². The topological polar surface area (TPSA) is 40.5 Å². The van der Waals surface area contributed by atoms with Crippen molar-refractivity contribution >= 4 is 21.9 Å². The molecule has 98 valence electrons. The molecule has 0 heterocycles. The Morgan fingerprint density at radius 3 is 2.78 bits per heavy atom. The predicted octanol–water partition coefficient (Wildman–Crippen LogP) is 3.20. The minimum Gasteiger partial charge on any atom is -0.481 e. The minimum absolute atomic E-state index is 0.226. The summed E-state index contributed by atoms with van der Waals surface area (Å²) < 4.78 is 1.12. The second-order valence-electron chi connectivity index (χ2n) is 4.93. The molecular weight excluding hydrogens is 294 g/mol. The minimum atomic E-state index is -0.717. The molecule has 1 aromatic carbocycles. The van der Waals surface area contributed by atoms with Gasteiger partial charge in [0.1, 0.15) is 0 Å². The number of carboxylic acid groups (broad SMARTS) is 1. The molecule has 0 aliphatic heterocycles. The van der Waals surface area contributed by atoms with Crippen molar-refractivity contribution in [1.29, 1.82) is 0 Å². The summed E-state index contributed by atoms with van der Waals surface area (Å²) in [6.45, 7) is 3.55. The maximum absolute atomic E-state index is 10.7. The van der Waals surface area contributed by atoms with E-state index < -0.39 is 5.97 Å². The van der Waals surface area contributed by atoms with Gasteiger partial charge in [-0.1, -0.05) is 28.1 Å². The summed E-state index contributed by atoms with van der Waals surface area (Å²) >= 11 is 3.54. The van der Waals surface area contributed by atoms with Crippen molar-refractivity contribution in [1.82, 2.24) is 4.90 Å². The Labute approximate surface area is 116 Å². The molecule has 1 fully saturated rings. The van der Waals surface area contributed by atoms with E-state index in [-0.39, 0.29) is 6.42 Å². The Balaban J connectivity index is 1.99. The lowest BCUT2D eigenvalue weighted by Crippen LogP contribution is -2.28. The Bertz CT molecular complexity index is 443. The van der Waals surface area contributed by atoms with E-state index in [0.717, 1.165) is 11.0 Å². The molecule has 0 saturated heterocycles. The molecule has 1 N–H and O–H groups in total. The lowest BCUT2D eigenvalue weighted by atomic mass is 10.1. The van der Waals surface area contributed by atoms with Crippen molar-refractivity contribution in [3.05, 3.63) is 33.8 Å². The third-order valence-electron chi connectivity index (χ3n) is 3.30. The fraction of sp³-hybridized carbons (Fsp3) is 0.500. The fourth-order valence-corrected chi connectivity index (χ4v) is 2.47. The van der Waals surface area contributed by atoms with Crippen molar-refractivity contribution < 1.29 is 9.90 Å². The maximum Gasteiger partial charge on any atom is 0.304 e. The van der Waals surface area contributed by atoms with E-state index in [2.05, 4.69) is 46.0 Å². The number of benzene rings is 1. The zero-order chi connectivity index (χ0) is 13.1. The van der Waals surface area contributed by atoms with Crippen molar-refractivity contribution in [2.75, 3.05) is 6.54 Å². The molecule has 0 aromatic heterocycles. The number of hydrogen-bond donors (Lipinski definition) is 1. The van der Waals surface area contributed by atoms with Gasteiger partial charge >= 0.3 is 5.97 Å². The Hall–Kier alpha value is -0.870. The highest BCUT2D eigenvalue weighted by Gasteiger charge is 2.29. The number of nitrogens with zero attached hydrogens (tertiary/aromatic N) is 1. The summed E-state index contributed by atoms with van der Waals surface area (Å²) in [6, 6.07) is 6.94. The largest absolute Gasteiger partial charge is 0.481 e. The highest BCUT2D eigenvalue weighted by Crippen LogP contribution is 2.29. The quantitative estimate of drug-likeness (QED) is 0.877. The summed E-state index contributed by atoms with van der Waals surface area (Å²) in [7, 11) is 0. The summed E-state index contributed by atoms with van der Waals surface area (Å²) in [4.78, 5) is 12.9. The molecule has 0 amide bonds. The molecule has 3 nitrogen and oxygen atoms in total. The van der Waals surface area contributed by atoms with Gasteiger partial charge in [-0.15, -0.1) is 0 Å². The molecule has 0 spiro atoms. The first kappa shape index (κ1) is 13.6. The number of rotatable bonds is 6. The Kier molecular flexibility index (Phi) is 4.40. The molecule has 0 radical (unpaired) electrons. The van der Waals surface area contributed by atoms with Gasteiger partial charge in [-0.05, 0) is 37.0 Å². The van der Waals surface area contributed by atoms with Gasteiger partial charge in [0.15, 0.2) is 0 Å². The van der Waals surface area contributed by atoms with E-state index in [1.54, 1.807) is 0 Å². The van der Waals surface area contributed by atoms with Gasteiger partial charge in [-0.25, -0.2) is 0 Å². The molecule has 0 unspecified atom stereocenters. The Morgan fingerprint density at radius 2 is 2.22 bits per heavy atom. The first-order chi connectivity index (χ1) is 8.56. The second-order valence-corrected chi connectivity index (χ2v) is 5.78. The first-order valence-electron chi connectivity index (χ1n) is 6.27. The maximum atomic E-state index is 10.7. The lowest BCUT2D eigenvalue weighted by Gasteiger charge is -2.21. The van der Waals surface area contributed by atoms with Gasteiger partial charge in [-0.3, -0.25) is 9.69 Å². The standard InChI is InChI=1S/C14H18BrNO2/c1-10-2-3-11(8-13(10)15)9-16(12-4-5-12)7-6-14(17)18/h2-3,8,12H,4-7,9H2,1H3,(H,17,18). The summed E-state index contributed by atoms with van der Waals surface area (Å²) in [5.74, 6) is -0.717. The SMILES string of the molecule is Cc1ccc(CN(CCC(=O)O)C2CC2)cc1Br. The molecule has 1 aromatic rings. The summed E-state index contributed by atoms with van der Waals surface area (Å²) in [5.41, 5.74) is 2.46. The van der Waals surface area contributed by atoms with Gasteiger partial charge < -0.3 is 5.11 Å². The van der Waals surface area contributed by atoms with Gasteiger partial charge in [-0.2, -0.15) is 0 Å². The van der Waals surface area contributed by atoms with E-state index in [1.165, 1.54) is 24.0 Å². The fourth-order valence-electron chi connectivity index (χ4n) is 2.04. The molecule has 0 bridgehead atoms. The highest BCUT2D eigenvalue weighted by molar-refractivity contribution is 9.10. The van der Waals surface area contributed by atoms with Crippen LogP contribution in [0.3, 0.4) is 0 Å².